The number of carbonyl (C=O) groups excluding carboxylic acids is 1. The Labute approximate surface area is 118 Å². The third-order valence-corrected chi connectivity index (χ3v) is 4.32. The minimum Gasteiger partial charge on any atom is -0.377 e. The van der Waals surface area contributed by atoms with Crippen molar-refractivity contribution in [2.45, 2.75) is 39.3 Å². The zero-order valence-electron chi connectivity index (χ0n) is 11.8. The van der Waals surface area contributed by atoms with E-state index in [4.69, 9.17) is 4.74 Å². The highest BCUT2D eigenvalue weighted by molar-refractivity contribution is 7.11. The van der Waals surface area contributed by atoms with E-state index in [-0.39, 0.29) is 18.1 Å². The van der Waals surface area contributed by atoms with Gasteiger partial charge in [-0.3, -0.25) is 0 Å². The van der Waals surface area contributed by atoms with Gasteiger partial charge in [0.2, 0.25) is 0 Å². The summed E-state index contributed by atoms with van der Waals surface area (Å²) in [6.07, 6.45) is 0.892. The summed E-state index contributed by atoms with van der Waals surface area (Å²) >= 11 is 1.79. The summed E-state index contributed by atoms with van der Waals surface area (Å²) in [7, 11) is 0. The number of aryl methyl sites for hydroxylation is 1. The van der Waals surface area contributed by atoms with Gasteiger partial charge in [0.15, 0.2) is 0 Å². The molecule has 1 aromatic rings. The van der Waals surface area contributed by atoms with E-state index >= 15 is 0 Å². The van der Waals surface area contributed by atoms with Crippen molar-refractivity contribution in [3.63, 3.8) is 0 Å². The van der Waals surface area contributed by atoms with E-state index in [1.807, 2.05) is 11.8 Å². The van der Waals surface area contributed by atoms with Crippen LogP contribution in [-0.4, -0.2) is 42.8 Å². The molecule has 1 aromatic heterocycles. The maximum Gasteiger partial charge on any atom is 0.318 e. The molecule has 0 spiro atoms. The van der Waals surface area contributed by atoms with Gasteiger partial charge in [-0.05, 0) is 32.9 Å². The summed E-state index contributed by atoms with van der Waals surface area (Å²) in [6, 6.07) is 4.60. The molecule has 0 aliphatic carbocycles. The van der Waals surface area contributed by atoms with Crippen LogP contribution in [0.2, 0.25) is 0 Å². The van der Waals surface area contributed by atoms with Crippen LogP contribution in [0.4, 0.5) is 4.79 Å². The lowest BCUT2D eigenvalue weighted by Gasteiger charge is -2.34. The van der Waals surface area contributed by atoms with Crippen molar-refractivity contribution in [2.24, 2.45) is 0 Å². The molecule has 2 heterocycles. The lowest BCUT2D eigenvalue weighted by molar-refractivity contribution is 0.0185. The van der Waals surface area contributed by atoms with Gasteiger partial charge in [-0.1, -0.05) is 0 Å². The van der Waals surface area contributed by atoms with Crippen molar-refractivity contribution in [3.8, 4) is 0 Å². The predicted molar refractivity (Wildman–Crippen MR) is 77.7 cm³/mol. The summed E-state index contributed by atoms with van der Waals surface area (Å²) < 4.78 is 5.35. The second-order valence-electron chi connectivity index (χ2n) is 5.18. The van der Waals surface area contributed by atoms with Crippen LogP contribution in [0.15, 0.2) is 12.1 Å². The largest absolute Gasteiger partial charge is 0.377 e. The fourth-order valence-corrected chi connectivity index (χ4v) is 3.29. The number of amides is 2. The Kier molecular flexibility index (Phi) is 4.82. The molecule has 0 bridgehead atoms. The molecule has 1 aliphatic heterocycles. The lowest BCUT2D eigenvalue weighted by Crippen LogP contribution is -2.53. The van der Waals surface area contributed by atoms with E-state index in [2.05, 4.69) is 31.3 Å². The van der Waals surface area contributed by atoms with Crippen molar-refractivity contribution in [1.29, 1.82) is 0 Å². The molecule has 1 fully saturated rings. The molecule has 0 unspecified atom stereocenters. The number of rotatable bonds is 3. The van der Waals surface area contributed by atoms with Crippen LogP contribution in [0.1, 0.15) is 23.6 Å². The van der Waals surface area contributed by atoms with Gasteiger partial charge >= 0.3 is 6.03 Å². The van der Waals surface area contributed by atoms with Gasteiger partial charge in [0.05, 0.1) is 19.3 Å². The van der Waals surface area contributed by atoms with Crippen molar-refractivity contribution in [1.82, 2.24) is 10.2 Å². The van der Waals surface area contributed by atoms with E-state index < -0.39 is 0 Å². The molecule has 1 aliphatic rings. The number of thiophene rings is 1. The first-order chi connectivity index (χ1) is 9.06. The normalized spacial score (nSPS) is 21.2. The Bertz CT molecular complexity index is 433. The average Bonchev–Trinajstić information content (AvgIpc) is 2.74. The molecule has 0 radical (unpaired) electrons. The highest BCUT2D eigenvalue weighted by Gasteiger charge is 2.24. The Morgan fingerprint density at radius 1 is 1.63 bits per heavy atom. The average molecular weight is 282 g/mol. The van der Waals surface area contributed by atoms with E-state index in [1.54, 1.807) is 11.3 Å². The van der Waals surface area contributed by atoms with Gasteiger partial charge in [-0.2, -0.15) is 0 Å². The molecule has 4 nitrogen and oxygen atoms in total. The predicted octanol–water partition coefficient (Wildman–Crippen LogP) is 2.42. The first-order valence-electron chi connectivity index (χ1n) is 6.76. The van der Waals surface area contributed by atoms with E-state index in [1.165, 1.54) is 9.75 Å². The Hall–Kier alpha value is -1.07. The number of ether oxygens (including phenoxy) is 1. The third-order valence-electron chi connectivity index (χ3n) is 3.30. The highest BCUT2D eigenvalue weighted by atomic mass is 32.1. The molecule has 0 saturated carbocycles. The van der Waals surface area contributed by atoms with Crippen molar-refractivity contribution in [3.05, 3.63) is 21.9 Å². The van der Waals surface area contributed by atoms with Gasteiger partial charge in [-0.15, -0.1) is 11.3 Å². The van der Waals surface area contributed by atoms with Gasteiger partial charge in [0, 0.05) is 28.8 Å². The molecule has 1 saturated heterocycles. The van der Waals surface area contributed by atoms with Gasteiger partial charge in [-0.25, -0.2) is 4.79 Å². The number of nitrogens with zero attached hydrogens (tertiary/aromatic N) is 1. The van der Waals surface area contributed by atoms with Crippen LogP contribution in [-0.2, 0) is 11.2 Å². The molecule has 2 amide bonds. The van der Waals surface area contributed by atoms with Crippen LogP contribution in [0, 0.1) is 6.92 Å². The Morgan fingerprint density at radius 2 is 2.42 bits per heavy atom. The number of morpholine rings is 1. The van der Waals surface area contributed by atoms with Crippen LogP contribution >= 0.6 is 11.3 Å². The highest BCUT2D eigenvalue weighted by Crippen LogP contribution is 2.17. The molecule has 5 heteroatoms. The summed E-state index contributed by atoms with van der Waals surface area (Å²) in [4.78, 5) is 16.7. The maximum atomic E-state index is 12.2. The number of hydrogen-bond acceptors (Lipinski definition) is 3. The van der Waals surface area contributed by atoms with Crippen LogP contribution in [0.3, 0.4) is 0 Å². The molecular weight excluding hydrogens is 260 g/mol. The van der Waals surface area contributed by atoms with Crippen LogP contribution < -0.4 is 5.32 Å². The zero-order chi connectivity index (χ0) is 13.8. The standard InChI is InChI=1S/C14H22N2O2S/c1-10(8-13-5-4-12(3)19-13)15-14(17)16-6-7-18-9-11(16)2/h4-5,10-11H,6-9H2,1-3H3,(H,15,17)/t10-,11+/m0/s1. The SMILES string of the molecule is Cc1ccc(C[C@H](C)NC(=O)N2CCOC[C@H]2C)s1. The Balaban J connectivity index is 1.84. The molecule has 19 heavy (non-hydrogen) atoms. The first kappa shape index (κ1) is 14.3. The number of carbonyl (C=O) groups is 1. The number of urea groups is 1. The molecule has 106 valence electrons. The second kappa shape index (κ2) is 6.39. The number of hydrogen-bond donors (Lipinski definition) is 1. The molecule has 1 N–H and O–H groups in total. The van der Waals surface area contributed by atoms with Gasteiger partial charge in [0.1, 0.15) is 0 Å². The van der Waals surface area contributed by atoms with E-state index in [9.17, 15) is 4.79 Å². The fraction of sp³-hybridized carbons (Fsp3) is 0.643. The molecule has 2 rings (SSSR count). The summed E-state index contributed by atoms with van der Waals surface area (Å²) in [6.45, 7) is 8.12. The maximum absolute atomic E-state index is 12.2. The van der Waals surface area contributed by atoms with E-state index in [0.29, 0.717) is 19.8 Å². The topological polar surface area (TPSA) is 41.6 Å². The zero-order valence-corrected chi connectivity index (χ0v) is 12.6. The van der Waals surface area contributed by atoms with E-state index in [0.717, 1.165) is 6.42 Å². The Morgan fingerprint density at radius 3 is 3.05 bits per heavy atom. The summed E-state index contributed by atoms with van der Waals surface area (Å²) in [5.41, 5.74) is 0. The first-order valence-corrected chi connectivity index (χ1v) is 7.58. The monoisotopic (exact) mass is 282 g/mol. The van der Waals surface area contributed by atoms with Crippen molar-refractivity contribution in [2.75, 3.05) is 19.8 Å². The van der Waals surface area contributed by atoms with Crippen LogP contribution in [0.5, 0.6) is 0 Å². The smallest absolute Gasteiger partial charge is 0.318 e. The van der Waals surface area contributed by atoms with Gasteiger partial charge in [0.25, 0.3) is 0 Å². The molecular formula is C14H22N2O2S. The molecule has 0 aromatic carbocycles. The third kappa shape index (κ3) is 3.94. The summed E-state index contributed by atoms with van der Waals surface area (Å²) in [5, 5.41) is 3.08. The van der Waals surface area contributed by atoms with Gasteiger partial charge < -0.3 is 15.0 Å². The van der Waals surface area contributed by atoms with Crippen molar-refractivity contribution >= 4 is 17.4 Å². The fourth-order valence-electron chi connectivity index (χ4n) is 2.27. The summed E-state index contributed by atoms with van der Waals surface area (Å²) in [5.74, 6) is 0. The minimum absolute atomic E-state index is 0.0246. The molecule has 2 atom stereocenters. The quantitative estimate of drug-likeness (QED) is 0.925. The van der Waals surface area contributed by atoms with Crippen molar-refractivity contribution < 1.29 is 9.53 Å². The lowest BCUT2D eigenvalue weighted by atomic mass is 10.2. The number of nitrogens with one attached hydrogen (secondary N) is 1. The van der Waals surface area contributed by atoms with Crippen LogP contribution in [0.25, 0.3) is 0 Å². The minimum atomic E-state index is 0.0246. The second-order valence-corrected chi connectivity index (χ2v) is 6.56.